The van der Waals surface area contributed by atoms with Crippen molar-refractivity contribution in [1.82, 2.24) is 19.9 Å². The number of hydrogen-bond acceptors (Lipinski definition) is 10. The van der Waals surface area contributed by atoms with Crippen molar-refractivity contribution in [2.45, 2.75) is 51.0 Å². The van der Waals surface area contributed by atoms with E-state index in [-0.39, 0.29) is 18.7 Å². The molecule has 4 rings (SSSR count). The van der Waals surface area contributed by atoms with E-state index in [0.717, 1.165) is 49.6 Å². The Labute approximate surface area is 279 Å². The first kappa shape index (κ1) is 35.3. The highest BCUT2D eigenvalue weighted by Crippen LogP contribution is 2.31. The molecule has 2 amide bonds. The fourth-order valence-corrected chi connectivity index (χ4v) is 5.43. The van der Waals surface area contributed by atoms with Crippen LogP contribution in [0.3, 0.4) is 0 Å². The van der Waals surface area contributed by atoms with E-state index in [2.05, 4.69) is 26.0 Å². The summed E-state index contributed by atoms with van der Waals surface area (Å²) in [5.74, 6) is 0.319. The van der Waals surface area contributed by atoms with Crippen LogP contribution in [0.15, 0.2) is 54.7 Å². The molecule has 0 spiro atoms. The van der Waals surface area contributed by atoms with Gasteiger partial charge in [0.2, 0.25) is 6.41 Å². The summed E-state index contributed by atoms with van der Waals surface area (Å²) in [7, 11) is 5.54. The maximum absolute atomic E-state index is 12.9. The summed E-state index contributed by atoms with van der Waals surface area (Å²) in [5.41, 5.74) is 5.32. The van der Waals surface area contributed by atoms with Crippen molar-refractivity contribution in [2.75, 3.05) is 48.1 Å². The number of nitrogens with one attached hydrogen (secondary N) is 3. The number of carbonyl (C=O) groups is 5. The number of aromatic nitrogens is 3. The van der Waals surface area contributed by atoms with Gasteiger partial charge in [0.15, 0.2) is 17.8 Å². The molecule has 0 saturated heterocycles. The number of benzene rings is 2. The molecule has 0 fully saturated rings. The fraction of sp³-hybridized carbons (Fsp3) is 0.343. The van der Waals surface area contributed by atoms with Crippen LogP contribution >= 0.6 is 0 Å². The topological polar surface area (TPSA) is 158 Å². The lowest BCUT2D eigenvalue weighted by molar-refractivity contribution is -0.113. The Bertz CT molecular complexity index is 1740. The molecule has 0 saturated carbocycles. The zero-order valence-corrected chi connectivity index (χ0v) is 27.5. The Hall–Kier alpha value is -5.59. The summed E-state index contributed by atoms with van der Waals surface area (Å²) in [6.45, 7) is 0.554. The van der Waals surface area contributed by atoms with Crippen LogP contribution in [-0.4, -0.2) is 79.5 Å². The number of amides is 2. The second-order valence-electron chi connectivity index (χ2n) is 11.5. The van der Waals surface area contributed by atoms with Crippen LogP contribution in [0.1, 0.15) is 64.9 Å². The number of fused-ring (bicyclic) bond motifs is 1. The van der Waals surface area contributed by atoms with Crippen molar-refractivity contribution in [2.24, 2.45) is 0 Å². The third-order valence-electron chi connectivity index (χ3n) is 7.97. The van der Waals surface area contributed by atoms with E-state index in [0.29, 0.717) is 65.3 Å². The lowest BCUT2D eigenvalue weighted by Crippen LogP contribution is -2.36. The van der Waals surface area contributed by atoms with E-state index < -0.39 is 6.04 Å². The van der Waals surface area contributed by atoms with Crippen LogP contribution in [0.4, 0.5) is 28.6 Å². The molecular formula is C35H42N8O5. The number of hydrogen-bond donors (Lipinski definition) is 3. The largest absolute Gasteiger partial charge is 0.385 e. The van der Waals surface area contributed by atoms with Gasteiger partial charge in [0, 0.05) is 51.4 Å². The van der Waals surface area contributed by atoms with Crippen molar-refractivity contribution in [3.63, 3.8) is 0 Å². The number of imidazole rings is 1. The van der Waals surface area contributed by atoms with Gasteiger partial charge in [0.25, 0.3) is 5.91 Å². The molecule has 48 heavy (non-hydrogen) atoms. The lowest BCUT2D eigenvalue weighted by atomic mass is 10.0. The van der Waals surface area contributed by atoms with E-state index in [1.165, 1.54) is 15.6 Å². The monoisotopic (exact) mass is 654 g/mol. The van der Waals surface area contributed by atoms with Crippen LogP contribution in [0.5, 0.6) is 0 Å². The van der Waals surface area contributed by atoms with Crippen LogP contribution in [0, 0.1) is 0 Å². The summed E-state index contributed by atoms with van der Waals surface area (Å²) in [6, 6.07) is 14.1. The third-order valence-corrected chi connectivity index (χ3v) is 7.97. The Morgan fingerprint density at radius 2 is 1.79 bits per heavy atom. The maximum atomic E-state index is 12.9. The van der Waals surface area contributed by atoms with Gasteiger partial charge in [-0.1, -0.05) is 25.0 Å². The van der Waals surface area contributed by atoms with E-state index in [4.69, 9.17) is 0 Å². The van der Waals surface area contributed by atoms with Gasteiger partial charge >= 0.3 is 0 Å². The molecule has 0 aliphatic carbocycles. The molecule has 2 aromatic carbocycles. The number of aldehydes is 3. The SMILES string of the molecule is CNc1cc(Nc2cccc(C(=O)NCCCCCCc3ccc(N(C=O)C(C=O)CCC=O)c(N(C)C)c3)c2)nn2c(C=O)cnc12. The molecule has 1 unspecified atom stereocenters. The minimum absolute atomic E-state index is 0.167. The predicted octanol–water partition coefficient (Wildman–Crippen LogP) is 4.44. The van der Waals surface area contributed by atoms with Gasteiger partial charge in [-0.3, -0.25) is 14.4 Å². The second kappa shape index (κ2) is 17.4. The molecule has 0 aliphatic heterocycles. The number of nitrogens with zero attached hydrogens (tertiary/aromatic N) is 5. The molecule has 2 heterocycles. The quantitative estimate of drug-likeness (QED) is 0.0919. The molecule has 0 aliphatic rings. The van der Waals surface area contributed by atoms with Gasteiger partial charge in [-0.15, -0.1) is 5.10 Å². The molecule has 0 radical (unpaired) electrons. The highest BCUT2D eigenvalue weighted by Gasteiger charge is 2.21. The smallest absolute Gasteiger partial charge is 0.251 e. The summed E-state index contributed by atoms with van der Waals surface area (Å²) in [5, 5.41) is 13.7. The molecule has 13 nitrogen and oxygen atoms in total. The average molecular weight is 655 g/mol. The summed E-state index contributed by atoms with van der Waals surface area (Å²) < 4.78 is 1.46. The van der Waals surface area contributed by atoms with Crippen molar-refractivity contribution in [1.29, 1.82) is 0 Å². The van der Waals surface area contributed by atoms with Gasteiger partial charge in [0.05, 0.1) is 29.3 Å². The number of rotatable bonds is 20. The third kappa shape index (κ3) is 8.81. The van der Waals surface area contributed by atoms with Crippen LogP contribution in [0.25, 0.3) is 5.65 Å². The minimum atomic E-state index is -0.704. The van der Waals surface area contributed by atoms with E-state index >= 15 is 0 Å². The van der Waals surface area contributed by atoms with E-state index in [9.17, 15) is 24.0 Å². The summed E-state index contributed by atoms with van der Waals surface area (Å²) >= 11 is 0. The first-order valence-electron chi connectivity index (χ1n) is 15.9. The molecule has 2 aromatic heterocycles. The predicted molar refractivity (Wildman–Crippen MR) is 187 cm³/mol. The molecule has 252 valence electrons. The minimum Gasteiger partial charge on any atom is -0.385 e. The van der Waals surface area contributed by atoms with Crippen molar-refractivity contribution < 1.29 is 24.0 Å². The molecule has 1 atom stereocenters. The Balaban J connectivity index is 1.25. The summed E-state index contributed by atoms with van der Waals surface area (Å²) in [6.07, 6.45) is 9.32. The normalized spacial score (nSPS) is 11.4. The Kier molecular flexibility index (Phi) is 12.8. The maximum Gasteiger partial charge on any atom is 0.251 e. The lowest BCUT2D eigenvalue weighted by Gasteiger charge is -2.28. The highest BCUT2D eigenvalue weighted by atomic mass is 16.2. The fourth-order valence-electron chi connectivity index (χ4n) is 5.43. The molecule has 13 heteroatoms. The molecule has 4 aromatic rings. The second-order valence-corrected chi connectivity index (χ2v) is 11.5. The molecule has 0 bridgehead atoms. The number of unbranched alkanes of at least 4 members (excludes halogenated alkanes) is 3. The van der Waals surface area contributed by atoms with Gasteiger partial charge in [-0.25, -0.2) is 9.50 Å². The van der Waals surface area contributed by atoms with Gasteiger partial charge in [0.1, 0.15) is 18.3 Å². The highest BCUT2D eigenvalue weighted by molar-refractivity contribution is 5.95. The average Bonchev–Trinajstić information content (AvgIpc) is 3.52. The molecular weight excluding hydrogens is 612 g/mol. The van der Waals surface area contributed by atoms with Crippen LogP contribution in [0.2, 0.25) is 0 Å². The summed E-state index contributed by atoms with van der Waals surface area (Å²) in [4.78, 5) is 66.2. The zero-order valence-electron chi connectivity index (χ0n) is 27.5. The van der Waals surface area contributed by atoms with Gasteiger partial charge in [-0.05, 0) is 61.6 Å². The van der Waals surface area contributed by atoms with Crippen molar-refractivity contribution in [3.8, 4) is 0 Å². The first-order chi connectivity index (χ1) is 23.3. The molecule has 3 N–H and O–H groups in total. The number of aryl methyl sites for hydroxylation is 1. The first-order valence-corrected chi connectivity index (χ1v) is 15.9. The standard InChI is InChI=1S/C35H42N8O5/c1-36-30-20-33(40-43-29(23-46)21-38-34(30)43)39-27-12-8-11-26(19-27)35(48)37-16-7-5-4-6-10-25-14-15-31(32(18-25)41(2)3)42(24-47)28(22-45)13-9-17-44/h8,11-12,14-15,17-24,28,36H,4-7,9-10,13,16H2,1-3H3,(H,37,48)(H,39,40). The van der Waals surface area contributed by atoms with E-state index in [1.54, 1.807) is 31.3 Å². The Morgan fingerprint density at radius 1 is 0.979 bits per heavy atom. The van der Waals surface area contributed by atoms with Crippen LogP contribution in [-0.2, 0) is 20.8 Å². The van der Waals surface area contributed by atoms with Crippen molar-refractivity contribution in [3.05, 3.63) is 71.5 Å². The number of carbonyl (C=O) groups excluding carboxylic acids is 5. The van der Waals surface area contributed by atoms with Crippen LogP contribution < -0.4 is 25.8 Å². The number of anilines is 5. The zero-order chi connectivity index (χ0) is 34.5. The van der Waals surface area contributed by atoms with E-state index in [1.807, 2.05) is 43.3 Å². The van der Waals surface area contributed by atoms with Gasteiger partial charge in [-0.2, -0.15) is 0 Å². The van der Waals surface area contributed by atoms with Gasteiger partial charge < -0.3 is 35.3 Å². The van der Waals surface area contributed by atoms with Crippen molar-refractivity contribution >= 4 is 65.4 Å². The Morgan fingerprint density at radius 3 is 2.50 bits per heavy atom.